The summed E-state index contributed by atoms with van der Waals surface area (Å²) in [6.45, 7) is 5.97. The average molecular weight is 349 g/mol. The Kier molecular flexibility index (Phi) is 6.44. The number of phenolic OH excluding ortho intramolecular Hbond substituents is 1. The molecular formula is C18H24NO4P. The van der Waals surface area contributed by atoms with Crippen molar-refractivity contribution >= 4 is 13.3 Å². The Morgan fingerprint density at radius 1 is 1.08 bits per heavy atom. The Hall–Kier alpha value is -1.81. The molecule has 6 heteroatoms. The summed E-state index contributed by atoms with van der Waals surface area (Å²) in [4.78, 5) is 0. The fourth-order valence-electron chi connectivity index (χ4n) is 2.44. The van der Waals surface area contributed by atoms with E-state index in [-0.39, 0.29) is 19.0 Å². The number of phenols is 1. The molecule has 0 saturated carbocycles. The molecule has 2 rings (SSSR count). The van der Waals surface area contributed by atoms with Crippen molar-refractivity contribution in [2.24, 2.45) is 0 Å². The Morgan fingerprint density at radius 3 is 2.25 bits per heavy atom. The largest absolute Gasteiger partial charge is 0.506 e. The summed E-state index contributed by atoms with van der Waals surface area (Å²) in [5, 5.41) is 13.3. The standard InChI is InChI=1S/C18H24NO4P/c1-4-22-24(21,23-5-2)18(15-9-7-6-8-10-15)19-16-12-11-14(3)13-17(16)20/h6-13,18-20H,4-5H2,1-3H3. The third-order valence-electron chi connectivity index (χ3n) is 3.50. The molecule has 24 heavy (non-hydrogen) atoms. The van der Waals surface area contributed by atoms with E-state index in [0.29, 0.717) is 5.69 Å². The summed E-state index contributed by atoms with van der Waals surface area (Å²) in [5.74, 6) is -0.623. The molecule has 5 nitrogen and oxygen atoms in total. The van der Waals surface area contributed by atoms with Gasteiger partial charge in [-0.3, -0.25) is 4.57 Å². The van der Waals surface area contributed by atoms with Crippen molar-refractivity contribution in [3.63, 3.8) is 0 Å². The Balaban J connectivity index is 2.44. The van der Waals surface area contributed by atoms with Crippen molar-refractivity contribution in [2.45, 2.75) is 26.6 Å². The third-order valence-corrected chi connectivity index (χ3v) is 5.79. The van der Waals surface area contributed by atoms with Gasteiger partial charge in [-0.15, -0.1) is 0 Å². The molecule has 0 aliphatic carbocycles. The smallest absolute Gasteiger partial charge is 0.357 e. The number of aromatic hydroxyl groups is 1. The van der Waals surface area contributed by atoms with Crippen molar-refractivity contribution in [1.29, 1.82) is 0 Å². The lowest BCUT2D eigenvalue weighted by molar-refractivity contribution is 0.214. The fourth-order valence-corrected chi connectivity index (χ4v) is 4.36. The molecule has 0 radical (unpaired) electrons. The van der Waals surface area contributed by atoms with Crippen molar-refractivity contribution in [3.8, 4) is 5.75 Å². The molecule has 0 spiro atoms. The molecule has 0 aliphatic heterocycles. The van der Waals surface area contributed by atoms with E-state index in [1.807, 2.05) is 43.3 Å². The van der Waals surface area contributed by atoms with Gasteiger partial charge >= 0.3 is 7.60 Å². The fraction of sp³-hybridized carbons (Fsp3) is 0.333. The number of rotatable bonds is 8. The lowest BCUT2D eigenvalue weighted by Gasteiger charge is -2.28. The van der Waals surface area contributed by atoms with Crippen molar-refractivity contribution in [2.75, 3.05) is 18.5 Å². The molecule has 2 N–H and O–H groups in total. The minimum Gasteiger partial charge on any atom is -0.506 e. The van der Waals surface area contributed by atoms with E-state index in [9.17, 15) is 9.67 Å². The highest BCUT2D eigenvalue weighted by Gasteiger charge is 2.37. The van der Waals surface area contributed by atoms with Gasteiger partial charge in [0.05, 0.1) is 18.9 Å². The number of benzene rings is 2. The number of hydrogen-bond acceptors (Lipinski definition) is 5. The van der Waals surface area contributed by atoms with E-state index in [1.54, 1.807) is 26.0 Å². The maximum absolute atomic E-state index is 13.3. The minimum absolute atomic E-state index is 0.0930. The molecule has 0 bridgehead atoms. The molecule has 1 unspecified atom stereocenters. The summed E-state index contributed by atoms with van der Waals surface area (Å²) in [7, 11) is -3.47. The Labute approximate surface area is 143 Å². The van der Waals surface area contributed by atoms with Gasteiger partial charge in [0.1, 0.15) is 5.75 Å². The van der Waals surface area contributed by atoms with E-state index in [0.717, 1.165) is 11.1 Å². The quantitative estimate of drug-likeness (QED) is 0.514. The highest BCUT2D eigenvalue weighted by Crippen LogP contribution is 2.61. The summed E-state index contributed by atoms with van der Waals surface area (Å²) in [6, 6.07) is 14.6. The average Bonchev–Trinajstić information content (AvgIpc) is 2.55. The molecule has 130 valence electrons. The lowest BCUT2D eigenvalue weighted by atomic mass is 10.2. The van der Waals surface area contributed by atoms with Crippen LogP contribution < -0.4 is 5.32 Å². The summed E-state index contributed by atoms with van der Waals surface area (Å²) in [6.07, 6.45) is 0. The van der Waals surface area contributed by atoms with Crippen LogP contribution in [0.5, 0.6) is 5.75 Å². The SMILES string of the molecule is CCOP(=O)(OCC)C(Nc1ccc(C)cc1O)c1ccccc1. The van der Waals surface area contributed by atoms with Gasteiger partial charge in [0.2, 0.25) is 0 Å². The molecule has 2 aromatic carbocycles. The van der Waals surface area contributed by atoms with Gasteiger partial charge in [-0.25, -0.2) is 0 Å². The molecule has 0 heterocycles. The molecule has 1 atom stereocenters. The first-order valence-electron chi connectivity index (χ1n) is 8.00. The van der Waals surface area contributed by atoms with Gasteiger partial charge in [0, 0.05) is 0 Å². The van der Waals surface area contributed by atoms with Gasteiger partial charge in [-0.05, 0) is 44.0 Å². The normalized spacial score (nSPS) is 12.8. The topological polar surface area (TPSA) is 67.8 Å². The second kappa shape index (κ2) is 8.34. The van der Waals surface area contributed by atoms with Crippen molar-refractivity contribution < 1.29 is 18.7 Å². The first-order valence-corrected chi connectivity index (χ1v) is 9.61. The lowest BCUT2D eigenvalue weighted by Crippen LogP contribution is -2.15. The maximum Gasteiger partial charge on any atom is 0.357 e. The molecule has 0 saturated heterocycles. The summed E-state index contributed by atoms with van der Waals surface area (Å²) < 4.78 is 24.3. The predicted octanol–water partition coefficient (Wildman–Crippen LogP) is 5.08. The van der Waals surface area contributed by atoms with Crippen molar-refractivity contribution in [1.82, 2.24) is 0 Å². The van der Waals surface area contributed by atoms with Crippen LogP contribution >= 0.6 is 7.60 Å². The zero-order valence-corrected chi connectivity index (χ0v) is 15.1. The highest BCUT2D eigenvalue weighted by atomic mass is 31.2. The molecule has 0 aromatic heterocycles. The van der Waals surface area contributed by atoms with Crippen molar-refractivity contribution in [3.05, 3.63) is 59.7 Å². The molecule has 0 fully saturated rings. The van der Waals surface area contributed by atoms with E-state index < -0.39 is 13.4 Å². The van der Waals surface area contributed by atoms with Gasteiger partial charge in [-0.1, -0.05) is 36.4 Å². The van der Waals surface area contributed by atoms with E-state index >= 15 is 0 Å². The number of aryl methyl sites for hydroxylation is 1. The van der Waals surface area contributed by atoms with Crippen LogP contribution in [0.3, 0.4) is 0 Å². The molecule has 2 aromatic rings. The molecule has 0 amide bonds. The molecule has 0 aliphatic rings. The van der Waals surface area contributed by atoms with Crippen LogP contribution in [0.25, 0.3) is 0 Å². The van der Waals surface area contributed by atoms with Gasteiger partial charge in [-0.2, -0.15) is 0 Å². The second-order valence-corrected chi connectivity index (χ2v) is 7.47. The van der Waals surface area contributed by atoms with E-state index in [1.165, 1.54) is 0 Å². The Morgan fingerprint density at radius 2 is 1.71 bits per heavy atom. The van der Waals surface area contributed by atoms with Gasteiger partial charge in [0.25, 0.3) is 0 Å². The predicted molar refractivity (Wildman–Crippen MR) is 96.5 cm³/mol. The third kappa shape index (κ3) is 4.38. The van der Waals surface area contributed by atoms with E-state index in [2.05, 4.69) is 5.32 Å². The zero-order valence-electron chi connectivity index (χ0n) is 14.2. The minimum atomic E-state index is -3.47. The summed E-state index contributed by atoms with van der Waals surface area (Å²) >= 11 is 0. The van der Waals surface area contributed by atoms with Crippen LogP contribution in [0.1, 0.15) is 30.8 Å². The number of nitrogens with one attached hydrogen (secondary N) is 1. The van der Waals surface area contributed by atoms with E-state index in [4.69, 9.17) is 9.05 Å². The number of anilines is 1. The maximum atomic E-state index is 13.3. The number of hydrogen-bond donors (Lipinski definition) is 2. The highest BCUT2D eigenvalue weighted by molar-refractivity contribution is 7.54. The van der Waals surface area contributed by atoms with Crippen LogP contribution in [-0.4, -0.2) is 18.3 Å². The van der Waals surface area contributed by atoms with Crippen LogP contribution in [0, 0.1) is 6.92 Å². The first-order chi connectivity index (χ1) is 11.5. The second-order valence-electron chi connectivity index (χ2n) is 5.35. The monoisotopic (exact) mass is 349 g/mol. The zero-order chi connectivity index (χ0) is 17.6. The van der Waals surface area contributed by atoms with Gasteiger partial charge in [0.15, 0.2) is 5.78 Å². The van der Waals surface area contributed by atoms with Crippen LogP contribution in [-0.2, 0) is 13.6 Å². The van der Waals surface area contributed by atoms with Crippen LogP contribution in [0.2, 0.25) is 0 Å². The summed E-state index contributed by atoms with van der Waals surface area (Å²) in [5.41, 5.74) is 2.18. The van der Waals surface area contributed by atoms with Gasteiger partial charge < -0.3 is 19.5 Å². The Bertz CT molecular complexity index is 695. The first kappa shape index (κ1) is 18.5. The van der Waals surface area contributed by atoms with Crippen LogP contribution in [0.15, 0.2) is 48.5 Å². The molecular weight excluding hydrogens is 325 g/mol. The van der Waals surface area contributed by atoms with Crippen LogP contribution in [0.4, 0.5) is 5.69 Å².